The highest BCUT2D eigenvalue weighted by atomic mass is 19.1. The van der Waals surface area contributed by atoms with Crippen LogP contribution in [-0.2, 0) is 20.7 Å². The lowest BCUT2D eigenvalue weighted by Crippen LogP contribution is -2.46. The van der Waals surface area contributed by atoms with Crippen LogP contribution in [0.15, 0.2) is 24.3 Å². The van der Waals surface area contributed by atoms with Crippen LogP contribution in [-0.4, -0.2) is 36.2 Å². The van der Waals surface area contributed by atoms with Crippen molar-refractivity contribution in [3.8, 4) is 0 Å². The molecular formula is C17H22FNO4. The van der Waals surface area contributed by atoms with Gasteiger partial charge in [-0.1, -0.05) is 12.1 Å². The first-order valence-corrected chi connectivity index (χ1v) is 7.73. The van der Waals surface area contributed by atoms with Gasteiger partial charge in [0.05, 0.1) is 25.0 Å². The number of esters is 1. The van der Waals surface area contributed by atoms with E-state index in [0.29, 0.717) is 31.2 Å². The number of hydrogen-bond acceptors (Lipinski definition) is 4. The van der Waals surface area contributed by atoms with Crippen LogP contribution >= 0.6 is 0 Å². The zero-order valence-corrected chi connectivity index (χ0v) is 13.2. The quantitative estimate of drug-likeness (QED) is 0.807. The summed E-state index contributed by atoms with van der Waals surface area (Å²) in [5, 5.41) is 13.2. The van der Waals surface area contributed by atoms with Crippen LogP contribution in [0.1, 0.15) is 31.2 Å². The number of carbonyl (C=O) groups excluding carboxylic acids is 2. The molecule has 126 valence electrons. The molecule has 1 amide bonds. The Balaban J connectivity index is 1.77. The highest BCUT2D eigenvalue weighted by molar-refractivity contribution is 5.78. The molecule has 2 N–H and O–H groups in total. The number of aliphatic hydroxyl groups is 1. The maximum Gasteiger partial charge on any atom is 0.308 e. The molecule has 1 aliphatic rings. The largest absolute Gasteiger partial charge is 0.469 e. The number of amides is 1. The van der Waals surface area contributed by atoms with Gasteiger partial charge in [0.1, 0.15) is 5.82 Å². The summed E-state index contributed by atoms with van der Waals surface area (Å²) in [6.07, 6.45) is 2.14. The zero-order valence-electron chi connectivity index (χ0n) is 13.2. The summed E-state index contributed by atoms with van der Waals surface area (Å²) in [7, 11) is 1.36. The first-order valence-electron chi connectivity index (χ1n) is 7.73. The van der Waals surface area contributed by atoms with Crippen LogP contribution in [0, 0.1) is 11.7 Å². The highest BCUT2D eigenvalue weighted by Gasteiger charge is 2.36. The van der Waals surface area contributed by atoms with Gasteiger partial charge in [-0.3, -0.25) is 9.59 Å². The molecular weight excluding hydrogens is 301 g/mol. The minimum atomic E-state index is -0.983. The molecule has 2 rings (SSSR count). The number of methoxy groups -OCH3 is 1. The lowest BCUT2D eigenvalue weighted by atomic mass is 9.78. The normalized spacial score (nSPS) is 24.0. The first kappa shape index (κ1) is 17.4. The Hall–Kier alpha value is -1.95. The summed E-state index contributed by atoms with van der Waals surface area (Å²) >= 11 is 0. The Bertz CT molecular complexity index is 550. The van der Waals surface area contributed by atoms with Gasteiger partial charge in [0, 0.05) is 6.54 Å². The predicted molar refractivity (Wildman–Crippen MR) is 82.0 cm³/mol. The average molecular weight is 323 g/mol. The number of hydrogen-bond donors (Lipinski definition) is 2. The number of carbonyl (C=O) groups is 2. The number of benzene rings is 1. The number of rotatable bonds is 5. The van der Waals surface area contributed by atoms with E-state index < -0.39 is 5.60 Å². The SMILES string of the molecule is COC(=O)C1CCC(O)(CNC(=O)Cc2ccc(F)cc2)CC1. The molecule has 1 aliphatic carbocycles. The Morgan fingerprint density at radius 1 is 1.30 bits per heavy atom. The Morgan fingerprint density at radius 2 is 1.91 bits per heavy atom. The van der Waals surface area contributed by atoms with Crippen molar-refractivity contribution in [1.29, 1.82) is 0 Å². The van der Waals surface area contributed by atoms with Gasteiger partial charge in [-0.2, -0.15) is 0 Å². The van der Waals surface area contributed by atoms with Crippen molar-refractivity contribution in [1.82, 2.24) is 5.32 Å². The Labute approximate surface area is 134 Å². The van der Waals surface area contributed by atoms with E-state index in [4.69, 9.17) is 4.74 Å². The van der Waals surface area contributed by atoms with Crippen molar-refractivity contribution in [3.63, 3.8) is 0 Å². The zero-order chi connectivity index (χ0) is 16.9. The molecule has 1 fully saturated rings. The van der Waals surface area contributed by atoms with Gasteiger partial charge in [-0.25, -0.2) is 4.39 Å². The molecule has 0 aliphatic heterocycles. The van der Waals surface area contributed by atoms with Crippen molar-refractivity contribution in [2.24, 2.45) is 5.92 Å². The molecule has 0 saturated heterocycles. The molecule has 6 heteroatoms. The van der Waals surface area contributed by atoms with Gasteiger partial charge in [0.15, 0.2) is 0 Å². The van der Waals surface area contributed by atoms with Crippen molar-refractivity contribution < 1.29 is 23.8 Å². The average Bonchev–Trinajstić information content (AvgIpc) is 2.55. The van der Waals surface area contributed by atoms with Gasteiger partial charge < -0.3 is 15.2 Å². The summed E-state index contributed by atoms with van der Waals surface area (Å²) in [5.41, 5.74) is -0.270. The maximum absolute atomic E-state index is 12.8. The van der Waals surface area contributed by atoms with Crippen molar-refractivity contribution in [2.75, 3.05) is 13.7 Å². The smallest absolute Gasteiger partial charge is 0.308 e. The fourth-order valence-electron chi connectivity index (χ4n) is 2.85. The van der Waals surface area contributed by atoms with E-state index in [1.54, 1.807) is 12.1 Å². The summed E-state index contributed by atoms with van der Waals surface area (Å²) in [5.74, 6) is -0.978. The van der Waals surface area contributed by atoms with E-state index in [-0.39, 0.29) is 36.6 Å². The van der Waals surface area contributed by atoms with Crippen LogP contribution in [0.5, 0.6) is 0 Å². The summed E-state index contributed by atoms with van der Waals surface area (Å²) in [6.45, 7) is 0.154. The third-order valence-corrected chi connectivity index (χ3v) is 4.34. The van der Waals surface area contributed by atoms with Gasteiger partial charge in [-0.05, 0) is 43.4 Å². The monoisotopic (exact) mass is 323 g/mol. The van der Waals surface area contributed by atoms with E-state index in [2.05, 4.69) is 5.32 Å². The van der Waals surface area contributed by atoms with Crippen molar-refractivity contribution in [2.45, 2.75) is 37.7 Å². The van der Waals surface area contributed by atoms with Gasteiger partial charge in [0.2, 0.25) is 5.91 Å². The summed E-state index contributed by atoms with van der Waals surface area (Å²) in [6, 6.07) is 5.74. The van der Waals surface area contributed by atoms with E-state index in [1.165, 1.54) is 19.2 Å². The Kier molecular flexibility index (Phi) is 5.71. The van der Waals surface area contributed by atoms with E-state index >= 15 is 0 Å². The number of halogens is 1. The van der Waals surface area contributed by atoms with Gasteiger partial charge in [-0.15, -0.1) is 0 Å². The van der Waals surface area contributed by atoms with E-state index in [9.17, 15) is 19.1 Å². The summed E-state index contributed by atoms with van der Waals surface area (Å²) < 4.78 is 17.5. The minimum absolute atomic E-state index is 0.140. The third-order valence-electron chi connectivity index (χ3n) is 4.34. The Morgan fingerprint density at radius 3 is 2.48 bits per heavy atom. The van der Waals surface area contributed by atoms with Crippen molar-refractivity contribution in [3.05, 3.63) is 35.6 Å². The van der Waals surface area contributed by atoms with Crippen LogP contribution in [0.4, 0.5) is 4.39 Å². The highest BCUT2D eigenvalue weighted by Crippen LogP contribution is 2.32. The molecule has 0 spiro atoms. The van der Waals surface area contributed by atoms with Crippen molar-refractivity contribution >= 4 is 11.9 Å². The molecule has 5 nitrogen and oxygen atoms in total. The number of nitrogens with one attached hydrogen (secondary N) is 1. The molecule has 0 atom stereocenters. The van der Waals surface area contributed by atoms with Crippen LogP contribution < -0.4 is 5.32 Å². The molecule has 0 radical (unpaired) electrons. The topological polar surface area (TPSA) is 75.6 Å². The first-order chi connectivity index (χ1) is 10.9. The van der Waals surface area contributed by atoms with E-state index in [0.717, 1.165) is 0 Å². The fourth-order valence-corrected chi connectivity index (χ4v) is 2.85. The molecule has 1 saturated carbocycles. The van der Waals surface area contributed by atoms with Crippen LogP contribution in [0.25, 0.3) is 0 Å². The lowest BCUT2D eigenvalue weighted by Gasteiger charge is -2.35. The summed E-state index contributed by atoms with van der Waals surface area (Å²) in [4.78, 5) is 23.4. The van der Waals surface area contributed by atoms with Crippen LogP contribution in [0.3, 0.4) is 0 Å². The lowest BCUT2D eigenvalue weighted by molar-refractivity contribution is -0.148. The number of ether oxygens (including phenoxy) is 1. The maximum atomic E-state index is 12.8. The molecule has 23 heavy (non-hydrogen) atoms. The molecule has 0 unspecified atom stereocenters. The molecule has 0 aromatic heterocycles. The minimum Gasteiger partial charge on any atom is -0.469 e. The second kappa shape index (κ2) is 7.55. The fraction of sp³-hybridized carbons (Fsp3) is 0.529. The van der Waals surface area contributed by atoms with E-state index in [1.807, 2.05) is 0 Å². The molecule has 0 bridgehead atoms. The third kappa shape index (κ3) is 5.03. The second-order valence-corrected chi connectivity index (χ2v) is 6.10. The van der Waals surface area contributed by atoms with Gasteiger partial charge >= 0.3 is 5.97 Å². The molecule has 1 aromatic carbocycles. The molecule has 1 aromatic rings. The van der Waals surface area contributed by atoms with Crippen LogP contribution in [0.2, 0.25) is 0 Å². The standard InChI is InChI=1S/C17H22FNO4/c1-23-16(21)13-6-8-17(22,9-7-13)11-19-15(20)10-12-2-4-14(18)5-3-12/h2-5,13,22H,6-11H2,1H3,(H,19,20). The predicted octanol–water partition coefficient (Wildman–Crippen LogP) is 1.58. The van der Waals surface area contributed by atoms with Gasteiger partial charge in [0.25, 0.3) is 0 Å². The molecule has 0 heterocycles. The second-order valence-electron chi connectivity index (χ2n) is 6.10.